The lowest BCUT2D eigenvalue weighted by atomic mass is 9.94. The third-order valence-corrected chi connectivity index (χ3v) is 4.89. The predicted octanol–water partition coefficient (Wildman–Crippen LogP) is 4.67. The minimum atomic E-state index is -0.584. The first kappa shape index (κ1) is 23.0. The van der Waals surface area contributed by atoms with Crippen LogP contribution >= 0.6 is 12.4 Å². The molecule has 29 heavy (non-hydrogen) atoms. The first-order valence-electron chi connectivity index (χ1n) is 9.78. The Labute approximate surface area is 179 Å². The van der Waals surface area contributed by atoms with Crippen molar-refractivity contribution < 1.29 is 9.84 Å². The molecule has 1 heterocycles. The molecular weight excluding hydrogens is 384 g/mol. The summed E-state index contributed by atoms with van der Waals surface area (Å²) in [6.07, 6.45) is 4.96. The van der Waals surface area contributed by atoms with Gasteiger partial charge in [0.2, 0.25) is 0 Å². The highest BCUT2D eigenvalue weighted by Gasteiger charge is 2.21. The zero-order valence-corrected chi connectivity index (χ0v) is 18.0. The molecular formula is C24H31ClN2O2. The fourth-order valence-electron chi connectivity index (χ4n) is 3.42. The highest BCUT2D eigenvalue weighted by Crippen LogP contribution is 2.22. The Morgan fingerprint density at radius 2 is 1.86 bits per heavy atom. The predicted molar refractivity (Wildman–Crippen MR) is 123 cm³/mol. The van der Waals surface area contributed by atoms with Crippen LogP contribution in [0.1, 0.15) is 25.0 Å². The Balaban J connectivity index is 0.00000300. The maximum absolute atomic E-state index is 10.4. The Bertz CT molecular complexity index is 920. The number of ether oxygens (including phenoxy) is 1. The standard InChI is InChI=1S/C24H30N2O2.ClH/c1-4-9-18-10-5-8-13-23(18)28-17-20(27)16-26-24(2,3)14-19-15-25-22-12-7-6-11-21(19)22;/h4-8,10-13,15,20,25-27H,1,9,14,16-17H2,2-3H3;1H. The first-order valence-corrected chi connectivity index (χ1v) is 9.78. The molecule has 156 valence electrons. The second-order valence-corrected chi connectivity index (χ2v) is 7.87. The van der Waals surface area contributed by atoms with Gasteiger partial charge in [0.15, 0.2) is 0 Å². The van der Waals surface area contributed by atoms with Gasteiger partial charge in [-0.2, -0.15) is 0 Å². The summed E-state index contributed by atoms with van der Waals surface area (Å²) in [5.74, 6) is 0.805. The van der Waals surface area contributed by atoms with Gasteiger partial charge in [0.25, 0.3) is 0 Å². The summed E-state index contributed by atoms with van der Waals surface area (Å²) in [5, 5.41) is 15.1. The molecule has 0 saturated heterocycles. The van der Waals surface area contributed by atoms with Crippen molar-refractivity contribution in [3.63, 3.8) is 0 Å². The number of hydrogen-bond acceptors (Lipinski definition) is 3. The number of aromatic nitrogens is 1. The Kier molecular flexibility index (Phi) is 8.32. The van der Waals surface area contributed by atoms with Gasteiger partial charge < -0.3 is 20.1 Å². The maximum Gasteiger partial charge on any atom is 0.122 e. The van der Waals surface area contributed by atoms with E-state index in [4.69, 9.17) is 4.74 Å². The van der Waals surface area contributed by atoms with Crippen molar-refractivity contribution in [3.05, 3.63) is 78.5 Å². The van der Waals surface area contributed by atoms with Crippen molar-refractivity contribution in [1.29, 1.82) is 0 Å². The topological polar surface area (TPSA) is 57.3 Å². The van der Waals surface area contributed by atoms with E-state index in [2.05, 4.69) is 55.1 Å². The molecule has 0 aliphatic carbocycles. The van der Waals surface area contributed by atoms with E-state index in [1.165, 1.54) is 10.9 Å². The van der Waals surface area contributed by atoms with Crippen molar-refractivity contribution in [2.24, 2.45) is 0 Å². The largest absolute Gasteiger partial charge is 0.491 e. The molecule has 3 aromatic rings. The summed E-state index contributed by atoms with van der Waals surface area (Å²) < 4.78 is 5.84. The minimum absolute atomic E-state index is 0. The average Bonchev–Trinajstić information content (AvgIpc) is 3.08. The molecule has 5 heteroatoms. The normalized spacial score (nSPS) is 12.4. The number of allylic oxidation sites excluding steroid dienone is 1. The maximum atomic E-state index is 10.4. The molecule has 0 spiro atoms. The molecule has 0 aliphatic rings. The summed E-state index contributed by atoms with van der Waals surface area (Å²) in [6.45, 7) is 8.82. The van der Waals surface area contributed by atoms with Crippen LogP contribution in [0, 0.1) is 0 Å². The summed E-state index contributed by atoms with van der Waals surface area (Å²) >= 11 is 0. The quantitative estimate of drug-likeness (QED) is 0.422. The van der Waals surface area contributed by atoms with E-state index in [9.17, 15) is 5.11 Å². The molecule has 1 aromatic heterocycles. The van der Waals surface area contributed by atoms with Crippen LogP contribution in [0.3, 0.4) is 0 Å². The number of hydrogen-bond donors (Lipinski definition) is 3. The monoisotopic (exact) mass is 414 g/mol. The van der Waals surface area contributed by atoms with Gasteiger partial charge >= 0.3 is 0 Å². The molecule has 0 fully saturated rings. The number of aliphatic hydroxyl groups is 1. The van der Waals surface area contributed by atoms with Crippen LogP contribution in [0.15, 0.2) is 67.4 Å². The number of aliphatic hydroxyl groups excluding tert-OH is 1. The summed E-state index contributed by atoms with van der Waals surface area (Å²) in [4.78, 5) is 3.33. The van der Waals surface area contributed by atoms with E-state index in [1.807, 2.05) is 36.4 Å². The third-order valence-electron chi connectivity index (χ3n) is 4.89. The van der Waals surface area contributed by atoms with Crippen LogP contribution < -0.4 is 10.1 Å². The number of H-pyrrole nitrogens is 1. The summed E-state index contributed by atoms with van der Waals surface area (Å²) in [5.41, 5.74) is 3.36. The molecule has 0 saturated carbocycles. The number of halogens is 1. The molecule has 0 aliphatic heterocycles. The number of nitrogens with one attached hydrogen (secondary N) is 2. The lowest BCUT2D eigenvalue weighted by Gasteiger charge is -2.28. The molecule has 3 N–H and O–H groups in total. The van der Waals surface area contributed by atoms with Gasteiger partial charge in [-0.15, -0.1) is 19.0 Å². The van der Waals surface area contributed by atoms with Crippen molar-refractivity contribution in [2.75, 3.05) is 13.2 Å². The van der Waals surface area contributed by atoms with Crippen LogP contribution in [-0.2, 0) is 12.8 Å². The van der Waals surface area contributed by atoms with Crippen LogP contribution in [-0.4, -0.2) is 34.9 Å². The molecule has 1 atom stereocenters. The highest BCUT2D eigenvalue weighted by molar-refractivity contribution is 5.85. The number of fused-ring (bicyclic) bond motifs is 1. The van der Waals surface area contributed by atoms with Crippen LogP contribution in [0.25, 0.3) is 10.9 Å². The van der Waals surface area contributed by atoms with Gasteiger partial charge in [-0.1, -0.05) is 42.5 Å². The Hall–Kier alpha value is -2.27. The number of aromatic amines is 1. The van der Waals surface area contributed by atoms with Crippen molar-refractivity contribution in [3.8, 4) is 5.75 Å². The van der Waals surface area contributed by atoms with E-state index < -0.39 is 6.10 Å². The van der Waals surface area contributed by atoms with Crippen molar-refractivity contribution >= 4 is 23.3 Å². The van der Waals surface area contributed by atoms with Gasteiger partial charge in [0, 0.05) is 29.2 Å². The summed E-state index contributed by atoms with van der Waals surface area (Å²) in [7, 11) is 0. The van der Waals surface area contributed by atoms with Gasteiger partial charge in [0.05, 0.1) is 0 Å². The summed E-state index contributed by atoms with van der Waals surface area (Å²) in [6, 6.07) is 16.2. The zero-order chi connectivity index (χ0) is 20.0. The van der Waals surface area contributed by atoms with Crippen LogP contribution in [0.5, 0.6) is 5.75 Å². The molecule has 0 radical (unpaired) electrons. The van der Waals surface area contributed by atoms with E-state index in [1.54, 1.807) is 0 Å². The van der Waals surface area contributed by atoms with Crippen molar-refractivity contribution in [2.45, 2.75) is 38.3 Å². The van der Waals surface area contributed by atoms with Crippen molar-refractivity contribution in [1.82, 2.24) is 10.3 Å². The van der Waals surface area contributed by atoms with Crippen LogP contribution in [0.2, 0.25) is 0 Å². The molecule has 0 amide bonds. The van der Waals surface area contributed by atoms with Gasteiger partial charge in [-0.05, 0) is 49.9 Å². The average molecular weight is 415 g/mol. The number of β-amino-alcohol motifs (C(OH)–C–C–N with tert-alkyl or cyclic N) is 1. The van der Waals surface area contributed by atoms with Gasteiger partial charge in [-0.3, -0.25) is 0 Å². The Morgan fingerprint density at radius 1 is 1.14 bits per heavy atom. The zero-order valence-electron chi connectivity index (χ0n) is 17.2. The van der Waals surface area contributed by atoms with E-state index >= 15 is 0 Å². The third kappa shape index (κ3) is 6.36. The van der Waals surface area contributed by atoms with E-state index in [-0.39, 0.29) is 24.6 Å². The van der Waals surface area contributed by atoms with Gasteiger partial charge in [-0.25, -0.2) is 0 Å². The number of para-hydroxylation sites is 2. The second-order valence-electron chi connectivity index (χ2n) is 7.87. The number of benzene rings is 2. The fraction of sp³-hybridized carbons (Fsp3) is 0.333. The minimum Gasteiger partial charge on any atom is -0.491 e. The lowest BCUT2D eigenvalue weighted by Crippen LogP contribution is -2.46. The molecule has 3 rings (SSSR count). The lowest BCUT2D eigenvalue weighted by molar-refractivity contribution is 0.0984. The molecule has 1 unspecified atom stereocenters. The second kappa shape index (κ2) is 10.5. The smallest absolute Gasteiger partial charge is 0.122 e. The first-order chi connectivity index (χ1) is 13.5. The number of rotatable bonds is 10. The Morgan fingerprint density at radius 3 is 2.66 bits per heavy atom. The SMILES string of the molecule is C=CCc1ccccc1OCC(O)CNC(C)(C)Cc1c[nH]c2ccccc12.Cl. The molecule has 2 aromatic carbocycles. The molecule has 0 bridgehead atoms. The molecule has 4 nitrogen and oxygen atoms in total. The van der Waals surface area contributed by atoms with Gasteiger partial charge in [0.1, 0.15) is 18.5 Å². The highest BCUT2D eigenvalue weighted by atomic mass is 35.5. The fourth-order valence-corrected chi connectivity index (χ4v) is 3.42. The van der Waals surface area contributed by atoms with E-state index in [0.29, 0.717) is 6.54 Å². The van der Waals surface area contributed by atoms with E-state index in [0.717, 1.165) is 29.7 Å². The van der Waals surface area contributed by atoms with Crippen LogP contribution in [0.4, 0.5) is 0 Å².